The number of aryl methyl sites for hydroxylation is 1. The molecule has 2 heterocycles. The molecule has 1 aromatic rings. The lowest BCUT2D eigenvalue weighted by Gasteiger charge is -2.31. The average Bonchev–Trinajstić information content (AvgIpc) is 2.84. The molecule has 108 valence electrons. The summed E-state index contributed by atoms with van der Waals surface area (Å²) in [6, 6.07) is 1.82. The Balaban J connectivity index is 1.58. The van der Waals surface area contributed by atoms with Crippen LogP contribution in [0.2, 0.25) is 0 Å². The van der Waals surface area contributed by atoms with E-state index in [0.717, 1.165) is 45.4 Å². The minimum absolute atomic E-state index is 0.118. The third-order valence-electron chi connectivity index (χ3n) is 3.50. The van der Waals surface area contributed by atoms with E-state index in [0.29, 0.717) is 18.5 Å². The maximum atomic E-state index is 8.72. The number of ether oxygens (including phenoxy) is 1. The number of aliphatic hydroxyl groups excluding tert-OH is 1. The zero-order valence-corrected chi connectivity index (χ0v) is 11.4. The van der Waals surface area contributed by atoms with E-state index in [1.165, 1.54) is 0 Å². The standard InChI is InChI=1S/C13H24N4O2/c14-13-4-9-17(15-13)6-1-5-16-7-2-12(3-8-16)19-11-10-18/h4,9,12,18H,1-3,5-8,10-11H2,(H2,14,15). The van der Waals surface area contributed by atoms with Gasteiger partial charge in [0.05, 0.1) is 19.3 Å². The van der Waals surface area contributed by atoms with Crippen molar-refractivity contribution in [3.63, 3.8) is 0 Å². The summed E-state index contributed by atoms with van der Waals surface area (Å²) in [5.74, 6) is 0.585. The largest absolute Gasteiger partial charge is 0.394 e. The van der Waals surface area contributed by atoms with Crippen molar-refractivity contribution in [3.05, 3.63) is 12.3 Å². The predicted octanol–water partition coefficient (Wildman–Crippen LogP) is 0.329. The third kappa shape index (κ3) is 4.81. The van der Waals surface area contributed by atoms with Crippen LogP contribution in [0.15, 0.2) is 12.3 Å². The normalized spacial score (nSPS) is 17.9. The second kappa shape index (κ2) is 7.47. The first-order valence-corrected chi connectivity index (χ1v) is 7.01. The molecule has 0 aromatic carbocycles. The van der Waals surface area contributed by atoms with Gasteiger partial charge in [-0.1, -0.05) is 0 Å². The number of rotatable bonds is 7. The summed E-state index contributed by atoms with van der Waals surface area (Å²) < 4.78 is 7.45. The minimum Gasteiger partial charge on any atom is -0.394 e. The van der Waals surface area contributed by atoms with Gasteiger partial charge in [0.25, 0.3) is 0 Å². The average molecular weight is 268 g/mol. The van der Waals surface area contributed by atoms with Crippen molar-refractivity contribution in [2.75, 3.05) is 38.6 Å². The van der Waals surface area contributed by atoms with E-state index in [4.69, 9.17) is 15.6 Å². The summed E-state index contributed by atoms with van der Waals surface area (Å²) in [6.07, 6.45) is 5.46. The number of nitrogen functional groups attached to an aromatic ring is 1. The molecule has 1 aromatic heterocycles. The van der Waals surface area contributed by atoms with Gasteiger partial charge in [0, 0.05) is 25.8 Å². The van der Waals surface area contributed by atoms with E-state index in [1.807, 2.05) is 16.9 Å². The quantitative estimate of drug-likeness (QED) is 0.745. The summed E-state index contributed by atoms with van der Waals surface area (Å²) in [5, 5.41) is 12.9. The summed E-state index contributed by atoms with van der Waals surface area (Å²) in [7, 11) is 0. The number of likely N-dealkylation sites (tertiary alicyclic amines) is 1. The van der Waals surface area contributed by atoms with Crippen LogP contribution in [0.5, 0.6) is 0 Å². The highest BCUT2D eigenvalue weighted by molar-refractivity contribution is 5.23. The molecule has 0 saturated carbocycles. The fourth-order valence-corrected chi connectivity index (χ4v) is 2.48. The molecule has 6 nitrogen and oxygen atoms in total. The van der Waals surface area contributed by atoms with Crippen LogP contribution < -0.4 is 5.73 Å². The topological polar surface area (TPSA) is 76.5 Å². The number of aliphatic hydroxyl groups is 1. The molecule has 0 atom stereocenters. The van der Waals surface area contributed by atoms with Crippen molar-refractivity contribution in [2.45, 2.75) is 31.9 Å². The molecule has 0 spiro atoms. The van der Waals surface area contributed by atoms with Crippen molar-refractivity contribution in [1.29, 1.82) is 0 Å². The van der Waals surface area contributed by atoms with Crippen molar-refractivity contribution >= 4 is 5.82 Å². The molecule has 0 radical (unpaired) electrons. The van der Waals surface area contributed by atoms with E-state index >= 15 is 0 Å². The number of hydrogen-bond donors (Lipinski definition) is 2. The van der Waals surface area contributed by atoms with E-state index in [9.17, 15) is 0 Å². The molecule has 1 fully saturated rings. The molecular formula is C13H24N4O2. The van der Waals surface area contributed by atoms with Crippen molar-refractivity contribution in [3.8, 4) is 0 Å². The molecule has 1 aliphatic rings. The van der Waals surface area contributed by atoms with Crippen LogP contribution in [-0.2, 0) is 11.3 Å². The number of piperidine rings is 1. The third-order valence-corrected chi connectivity index (χ3v) is 3.50. The van der Waals surface area contributed by atoms with Gasteiger partial charge in [-0.15, -0.1) is 0 Å². The molecule has 0 amide bonds. The van der Waals surface area contributed by atoms with Crippen LogP contribution in [0.25, 0.3) is 0 Å². The number of nitrogens with zero attached hydrogens (tertiary/aromatic N) is 3. The molecule has 6 heteroatoms. The molecule has 2 rings (SSSR count). The second-order valence-electron chi connectivity index (χ2n) is 4.99. The Morgan fingerprint density at radius 1 is 1.37 bits per heavy atom. The summed E-state index contributed by atoms with van der Waals surface area (Å²) >= 11 is 0. The van der Waals surface area contributed by atoms with Crippen LogP contribution in [0.3, 0.4) is 0 Å². The number of hydrogen-bond acceptors (Lipinski definition) is 5. The molecule has 1 aliphatic heterocycles. The maximum Gasteiger partial charge on any atom is 0.145 e. The van der Waals surface area contributed by atoms with Gasteiger partial charge in [-0.2, -0.15) is 5.10 Å². The first kappa shape index (κ1) is 14.3. The Morgan fingerprint density at radius 2 is 2.16 bits per heavy atom. The highest BCUT2D eigenvalue weighted by Gasteiger charge is 2.18. The second-order valence-corrected chi connectivity index (χ2v) is 4.99. The van der Waals surface area contributed by atoms with E-state index in [2.05, 4.69) is 10.00 Å². The van der Waals surface area contributed by atoms with Crippen LogP contribution in [0, 0.1) is 0 Å². The predicted molar refractivity (Wildman–Crippen MR) is 73.8 cm³/mol. The SMILES string of the molecule is Nc1ccn(CCCN2CCC(OCCO)CC2)n1. The fourth-order valence-electron chi connectivity index (χ4n) is 2.48. The molecule has 0 bridgehead atoms. The number of nitrogens with two attached hydrogens (primary N) is 1. The summed E-state index contributed by atoms with van der Waals surface area (Å²) in [5.41, 5.74) is 5.57. The van der Waals surface area contributed by atoms with E-state index < -0.39 is 0 Å². The van der Waals surface area contributed by atoms with Crippen LogP contribution in [0.4, 0.5) is 5.82 Å². The minimum atomic E-state index is 0.118. The van der Waals surface area contributed by atoms with Crippen molar-refractivity contribution in [2.24, 2.45) is 0 Å². The van der Waals surface area contributed by atoms with Crippen LogP contribution in [-0.4, -0.2) is 58.7 Å². The van der Waals surface area contributed by atoms with Gasteiger partial charge in [-0.3, -0.25) is 4.68 Å². The number of anilines is 1. The van der Waals surface area contributed by atoms with Crippen LogP contribution >= 0.6 is 0 Å². The first-order valence-electron chi connectivity index (χ1n) is 7.01. The Labute approximate surface area is 114 Å². The molecule has 3 N–H and O–H groups in total. The van der Waals surface area contributed by atoms with Crippen molar-refractivity contribution < 1.29 is 9.84 Å². The molecular weight excluding hydrogens is 244 g/mol. The van der Waals surface area contributed by atoms with Gasteiger partial charge >= 0.3 is 0 Å². The molecule has 0 unspecified atom stereocenters. The van der Waals surface area contributed by atoms with Gasteiger partial charge < -0.3 is 20.5 Å². The Bertz CT molecular complexity index is 361. The van der Waals surface area contributed by atoms with Crippen molar-refractivity contribution in [1.82, 2.24) is 14.7 Å². The lowest BCUT2D eigenvalue weighted by atomic mass is 10.1. The van der Waals surface area contributed by atoms with Crippen LogP contribution in [0.1, 0.15) is 19.3 Å². The van der Waals surface area contributed by atoms with Gasteiger partial charge in [-0.05, 0) is 31.9 Å². The molecule has 0 aliphatic carbocycles. The Kier molecular flexibility index (Phi) is 5.62. The Morgan fingerprint density at radius 3 is 2.79 bits per heavy atom. The van der Waals surface area contributed by atoms with E-state index in [1.54, 1.807) is 0 Å². The maximum absolute atomic E-state index is 8.72. The highest BCUT2D eigenvalue weighted by Crippen LogP contribution is 2.13. The summed E-state index contributed by atoms with van der Waals surface area (Å²) in [4.78, 5) is 2.46. The first-order chi connectivity index (χ1) is 9.28. The highest BCUT2D eigenvalue weighted by atomic mass is 16.5. The smallest absolute Gasteiger partial charge is 0.145 e. The monoisotopic (exact) mass is 268 g/mol. The van der Waals surface area contributed by atoms with E-state index in [-0.39, 0.29) is 6.61 Å². The van der Waals surface area contributed by atoms with Gasteiger partial charge in [-0.25, -0.2) is 0 Å². The zero-order chi connectivity index (χ0) is 13.5. The number of aromatic nitrogens is 2. The van der Waals surface area contributed by atoms with Gasteiger partial charge in [0.15, 0.2) is 0 Å². The summed E-state index contributed by atoms with van der Waals surface area (Å²) in [6.45, 7) is 4.75. The zero-order valence-electron chi connectivity index (χ0n) is 11.4. The van der Waals surface area contributed by atoms with Gasteiger partial charge in [0.2, 0.25) is 0 Å². The fraction of sp³-hybridized carbons (Fsp3) is 0.769. The Hall–Kier alpha value is -1.11. The lowest BCUT2D eigenvalue weighted by Crippen LogP contribution is -2.38. The molecule has 1 saturated heterocycles. The molecule has 19 heavy (non-hydrogen) atoms. The van der Waals surface area contributed by atoms with Gasteiger partial charge in [0.1, 0.15) is 5.82 Å². The lowest BCUT2D eigenvalue weighted by molar-refractivity contribution is -0.00796.